The van der Waals surface area contributed by atoms with Gasteiger partial charge in [-0.25, -0.2) is 0 Å². The van der Waals surface area contributed by atoms with Crippen molar-refractivity contribution in [3.8, 4) is 5.75 Å². The Balaban J connectivity index is 2.57. The van der Waals surface area contributed by atoms with Crippen LogP contribution in [0.1, 0.15) is 19.4 Å². The van der Waals surface area contributed by atoms with E-state index < -0.39 is 0 Å². The topological polar surface area (TPSA) is 9.23 Å². The van der Waals surface area contributed by atoms with Gasteiger partial charge in [-0.3, -0.25) is 0 Å². The number of hydrogen-bond acceptors (Lipinski definition) is 2. The van der Waals surface area contributed by atoms with E-state index in [1.54, 1.807) is 11.8 Å². The summed E-state index contributed by atoms with van der Waals surface area (Å²) in [5.41, 5.74) is 1.18. The Kier molecular flexibility index (Phi) is 6.66. The first-order valence-corrected chi connectivity index (χ1v) is 7.45. The van der Waals surface area contributed by atoms with Gasteiger partial charge in [0.1, 0.15) is 12.4 Å². The molecule has 0 atom stereocenters. The number of benzene rings is 1. The summed E-state index contributed by atoms with van der Waals surface area (Å²) in [4.78, 5) is 1.23. The summed E-state index contributed by atoms with van der Waals surface area (Å²) < 4.78 is 5.82. The van der Waals surface area contributed by atoms with Crippen LogP contribution in [-0.2, 0) is 0 Å². The number of ether oxygens (including phenoxy) is 1. The SMILES string of the molecule is CS/C(=C\C=C\C(C)C)COc1ccccc1C. The number of para-hydroxylation sites is 1. The van der Waals surface area contributed by atoms with E-state index in [4.69, 9.17) is 4.74 Å². The third-order valence-electron chi connectivity index (χ3n) is 2.50. The number of rotatable bonds is 6. The molecule has 0 unspecified atom stereocenters. The van der Waals surface area contributed by atoms with Crippen molar-refractivity contribution < 1.29 is 4.74 Å². The van der Waals surface area contributed by atoms with Crippen LogP contribution in [0, 0.1) is 12.8 Å². The van der Waals surface area contributed by atoms with E-state index >= 15 is 0 Å². The van der Waals surface area contributed by atoms with Gasteiger partial charge >= 0.3 is 0 Å². The molecule has 0 heterocycles. The first kappa shape index (κ1) is 14.9. The normalized spacial score (nSPS) is 12.4. The highest BCUT2D eigenvalue weighted by molar-refractivity contribution is 8.02. The molecule has 0 amide bonds. The minimum atomic E-state index is 0.585. The fourth-order valence-electron chi connectivity index (χ4n) is 1.43. The first-order valence-electron chi connectivity index (χ1n) is 6.23. The smallest absolute Gasteiger partial charge is 0.122 e. The van der Waals surface area contributed by atoms with Gasteiger partial charge in [0.05, 0.1) is 0 Å². The molecule has 0 aliphatic rings. The predicted molar refractivity (Wildman–Crippen MR) is 82.3 cm³/mol. The van der Waals surface area contributed by atoms with Gasteiger partial charge in [0, 0.05) is 4.91 Å². The summed E-state index contributed by atoms with van der Waals surface area (Å²) in [5.74, 6) is 1.55. The van der Waals surface area contributed by atoms with E-state index in [0.717, 1.165) is 5.75 Å². The monoisotopic (exact) mass is 262 g/mol. The molecule has 0 saturated carbocycles. The average Bonchev–Trinajstić information content (AvgIpc) is 2.35. The van der Waals surface area contributed by atoms with E-state index in [0.29, 0.717) is 12.5 Å². The third kappa shape index (κ3) is 5.46. The number of allylic oxidation sites excluding steroid dienone is 3. The van der Waals surface area contributed by atoms with Gasteiger partial charge in [0.15, 0.2) is 0 Å². The molecule has 1 rings (SSSR count). The largest absolute Gasteiger partial charge is 0.488 e. The summed E-state index contributed by atoms with van der Waals surface area (Å²) in [7, 11) is 0. The molecule has 0 aliphatic carbocycles. The second kappa shape index (κ2) is 8.04. The molecular formula is C16H22OS. The number of hydrogen-bond donors (Lipinski definition) is 0. The van der Waals surface area contributed by atoms with Crippen molar-refractivity contribution in [1.82, 2.24) is 0 Å². The Labute approximate surface area is 115 Å². The molecule has 0 radical (unpaired) electrons. The zero-order chi connectivity index (χ0) is 13.4. The Hall–Kier alpha value is -1.15. The zero-order valence-electron chi connectivity index (χ0n) is 11.6. The number of thioether (sulfide) groups is 1. The lowest BCUT2D eigenvalue weighted by molar-refractivity contribution is 0.357. The minimum Gasteiger partial charge on any atom is -0.488 e. The fraction of sp³-hybridized carbons (Fsp3) is 0.375. The number of aryl methyl sites for hydroxylation is 1. The second-order valence-corrected chi connectivity index (χ2v) is 5.45. The van der Waals surface area contributed by atoms with E-state index in [1.165, 1.54) is 10.5 Å². The maximum atomic E-state index is 5.82. The van der Waals surface area contributed by atoms with Crippen molar-refractivity contribution in [2.45, 2.75) is 20.8 Å². The fourth-order valence-corrected chi connectivity index (χ4v) is 1.82. The highest BCUT2D eigenvalue weighted by atomic mass is 32.2. The van der Waals surface area contributed by atoms with Gasteiger partial charge in [-0.05, 0) is 36.8 Å². The summed E-state index contributed by atoms with van der Waals surface area (Å²) >= 11 is 1.73. The maximum Gasteiger partial charge on any atom is 0.122 e. The molecule has 18 heavy (non-hydrogen) atoms. The van der Waals surface area contributed by atoms with Gasteiger partial charge in [-0.1, -0.05) is 44.2 Å². The predicted octanol–water partition coefficient (Wildman–Crippen LogP) is 4.83. The van der Waals surface area contributed by atoms with Crippen LogP contribution in [0.3, 0.4) is 0 Å². The van der Waals surface area contributed by atoms with Crippen molar-refractivity contribution in [1.29, 1.82) is 0 Å². The van der Waals surface area contributed by atoms with Crippen LogP contribution in [0.25, 0.3) is 0 Å². The van der Waals surface area contributed by atoms with Crippen LogP contribution in [0.2, 0.25) is 0 Å². The molecule has 1 aromatic rings. The Bertz CT molecular complexity index is 419. The summed E-state index contributed by atoms with van der Waals surface area (Å²) in [6.45, 7) is 7.05. The quantitative estimate of drug-likeness (QED) is 0.679. The Morgan fingerprint density at radius 2 is 2.06 bits per heavy atom. The van der Waals surface area contributed by atoms with Crippen LogP contribution >= 0.6 is 11.8 Å². The summed E-state index contributed by atoms with van der Waals surface area (Å²) in [6, 6.07) is 8.11. The van der Waals surface area contributed by atoms with E-state index in [-0.39, 0.29) is 0 Å². The van der Waals surface area contributed by atoms with Crippen LogP contribution in [0.4, 0.5) is 0 Å². The molecule has 0 spiro atoms. The van der Waals surface area contributed by atoms with Gasteiger partial charge in [-0.2, -0.15) is 0 Å². The Morgan fingerprint density at radius 3 is 2.67 bits per heavy atom. The Morgan fingerprint density at radius 1 is 1.33 bits per heavy atom. The first-order chi connectivity index (χ1) is 8.63. The van der Waals surface area contributed by atoms with Crippen molar-refractivity contribution in [3.05, 3.63) is 53.0 Å². The van der Waals surface area contributed by atoms with Gasteiger partial charge < -0.3 is 4.74 Å². The van der Waals surface area contributed by atoms with Crippen LogP contribution in [0.15, 0.2) is 47.4 Å². The van der Waals surface area contributed by atoms with Gasteiger partial charge in [0.25, 0.3) is 0 Å². The van der Waals surface area contributed by atoms with E-state index in [2.05, 4.69) is 51.3 Å². The molecule has 0 fully saturated rings. The standard InChI is InChI=1S/C16H22OS/c1-13(2)8-7-10-15(18-4)12-17-16-11-6-5-9-14(16)3/h5-11,13H,12H2,1-4H3/b8-7+,15-10-. The van der Waals surface area contributed by atoms with Gasteiger partial charge in [-0.15, -0.1) is 11.8 Å². The molecule has 98 valence electrons. The molecule has 0 aromatic heterocycles. The molecule has 2 heteroatoms. The third-order valence-corrected chi connectivity index (χ3v) is 3.28. The van der Waals surface area contributed by atoms with Crippen molar-refractivity contribution >= 4 is 11.8 Å². The lowest BCUT2D eigenvalue weighted by atomic mass is 10.2. The van der Waals surface area contributed by atoms with Crippen LogP contribution in [0.5, 0.6) is 5.75 Å². The maximum absolute atomic E-state index is 5.82. The molecule has 0 N–H and O–H groups in total. The zero-order valence-corrected chi connectivity index (χ0v) is 12.5. The highest BCUT2D eigenvalue weighted by Gasteiger charge is 1.99. The lowest BCUT2D eigenvalue weighted by Crippen LogP contribution is -1.99. The van der Waals surface area contributed by atoms with E-state index in [1.807, 2.05) is 18.2 Å². The molecule has 1 nitrogen and oxygen atoms in total. The second-order valence-electron chi connectivity index (χ2n) is 4.52. The van der Waals surface area contributed by atoms with Crippen LogP contribution in [-0.4, -0.2) is 12.9 Å². The molecule has 1 aromatic carbocycles. The highest BCUT2D eigenvalue weighted by Crippen LogP contribution is 2.19. The average molecular weight is 262 g/mol. The molecule has 0 aliphatic heterocycles. The summed E-state index contributed by atoms with van der Waals surface area (Å²) in [6.07, 6.45) is 8.50. The lowest BCUT2D eigenvalue weighted by Gasteiger charge is -2.09. The van der Waals surface area contributed by atoms with Crippen molar-refractivity contribution in [2.75, 3.05) is 12.9 Å². The van der Waals surface area contributed by atoms with Crippen LogP contribution < -0.4 is 4.74 Å². The summed E-state index contributed by atoms with van der Waals surface area (Å²) in [5, 5.41) is 0. The van der Waals surface area contributed by atoms with E-state index in [9.17, 15) is 0 Å². The molecular weight excluding hydrogens is 240 g/mol. The minimum absolute atomic E-state index is 0.585. The van der Waals surface area contributed by atoms with Crippen molar-refractivity contribution in [3.63, 3.8) is 0 Å². The molecule has 0 saturated heterocycles. The molecule has 0 bridgehead atoms. The van der Waals surface area contributed by atoms with Gasteiger partial charge in [0.2, 0.25) is 0 Å². The van der Waals surface area contributed by atoms with Crippen molar-refractivity contribution in [2.24, 2.45) is 5.92 Å².